The Balaban J connectivity index is 1.59. The zero-order valence-corrected chi connectivity index (χ0v) is 11.1. The van der Waals surface area contributed by atoms with Crippen molar-refractivity contribution in [2.45, 2.75) is 12.8 Å². The van der Waals surface area contributed by atoms with Crippen LogP contribution >= 0.6 is 0 Å². The number of halogens is 1. The van der Waals surface area contributed by atoms with E-state index in [4.69, 9.17) is 0 Å². The molecule has 0 spiro atoms. The molecule has 1 amide bonds. The SMILES string of the molecule is O=C(CCc1ccc(F)nc1)Nc1ccc2[nH]ncc2c1. The number of benzene rings is 1. The average Bonchev–Trinajstić information content (AvgIpc) is 2.94. The maximum absolute atomic E-state index is 12.7. The molecular weight excluding hydrogens is 271 g/mol. The fourth-order valence-corrected chi connectivity index (χ4v) is 2.06. The Bertz CT molecular complexity index is 767. The summed E-state index contributed by atoms with van der Waals surface area (Å²) in [5.74, 6) is -0.612. The number of rotatable bonds is 4. The Morgan fingerprint density at radius 3 is 2.95 bits per heavy atom. The van der Waals surface area contributed by atoms with Gasteiger partial charge in [0.15, 0.2) is 0 Å². The van der Waals surface area contributed by atoms with E-state index in [-0.39, 0.29) is 5.91 Å². The maximum Gasteiger partial charge on any atom is 0.224 e. The highest BCUT2D eigenvalue weighted by molar-refractivity contribution is 5.93. The van der Waals surface area contributed by atoms with E-state index >= 15 is 0 Å². The number of aryl methyl sites for hydroxylation is 1. The number of aromatic nitrogens is 3. The number of nitrogens with one attached hydrogen (secondary N) is 2. The molecule has 0 unspecified atom stereocenters. The number of carbonyl (C=O) groups excluding carboxylic acids is 1. The van der Waals surface area contributed by atoms with Gasteiger partial charge in [0, 0.05) is 23.7 Å². The standard InChI is InChI=1S/C15H13FN4O/c16-14-5-1-10(8-17-14)2-6-15(21)19-12-3-4-13-11(7-12)9-18-20-13/h1,3-5,7-9H,2,6H2,(H,18,20)(H,19,21). The van der Waals surface area contributed by atoms with Crippen LogP contribution in [0.25, 0.3) is 10.9 Å². The van der Waals surface area contributed by atoms with Crippen LogP contribution in [-0.2, 0) is 11.2 Å². The molecule has 3 aromatic rings. The van der Waals surface area contributed by atoms with Gasteiger partial charge in [-0.3, -0.25) is 9.89 Å². The molecule has 0 aliphatic carbocycles. The number of fused-ring (bicyclic) bond motifs is 1. The number of nitrogens with zero attached hydrogens (tertiary/aromatic N) is 2. The van der Waals surface area contributed by atoms with Crippen molar-refractivity contribution in [3.05, 3.63) is 54.2 Å². The van der Waals surface area contributed by atoms with Gasteiger partial charge in [-0.25, -0.2) is 4.98 Å². The molecule has 5 nitrogen and oxygen atoms in total. The van der Waals surface area contributed by atoms with Crippen LogP contribution in [0.15, 0.2) is 42.7 Å². The van der Waals surface area contributed by atoms with Gasteiger partial charge in [0.2, 0.25) is 11.9 Å². The molecule has 2 heterocycles. The van der Waals surface area contributed by atoms with Crippen LogP contribution in [-0.4, -0.2) is 21.1 Å². The average molecular weight is 284 g/mol. The van der Waals surface area contributed by atoms with E-state index in [0.29, 0.717) is 12.8 Å². The number of carbonyl (C=O) groups is 1. The predicted molar refractivity (Wildman–Crippen MR) is 77.2 cm³/mol. The van der Waals surface area contributed by atoms with E-state index < -0.39 is 5.95 Å². The number of H-pyrrole nitrogens is 1. The maximum atomic E-state index is 12.7. The van der Waals surface area contributed by atoms with Crippen molar-refractivity contribution in [3.8, 4) is 0 Å². The predicted octanol–water partition coefficient (Wildman–Crippen LogP) is 2.67. The molecular formula is C15H13FN4O. The lowest BCUT2D eigenvalue weighted by Gasteiger charge is -2.05. The van der Waals surface area contributed by atoms with E-state index in [1.807, 2.05) is 18.2 Å². The van der Waals surface area contributed by atoms with Gasteiger partial charge in [0.25, 0.3) is 0 Å². The summed E-state index contributed by atoms with van der Waals surface area (Å²) in [6.45, 7) is 0. The first-order chi connectivity index (χ1) is 10.2. The summed E-state index contributed by atoms with van der Waals surface area (Å²) in [5, 5.41) is 10.6. The van der Waals surface area contributed by atoms with Crippen LogP contribution in [0.5, 0.6) is 0 Å². The summed E-state index contributed by atoms with van der Waals surface area (Å²) in [4.78, 5) is 15.5. The van der Waals surface area contributed by atoms with Crippen molar-refractivity contribution in [1.82, 2.24) is 15.2 Å². The molecule has 106 valence electrons. The van der Waals surface area contributed by atoms with Crippen molar-refractivity contribution in [2.24, 2.45) is 0 Å². The van der Waals surface area contributed by atoms with Gasteiger partial charge in [0.1, 0.15) is 0 Å². The van der Waals surface area contributed by atoms with Gasteiger partial charge in [0.05, 0.1) is 11.7 Å². The van der Waals surface area contributed by atoms with Crippen molar-refractivity contribution in [1.29, 1.82) is 0 Å². The van der Waals surface area contributed by atoms with E-state index in [1.54, 1.807) is 12.3 Å². The Morgan fingerprint density at radius 2 is 2.14 bits per heavy atom. The highest BCUT2D eigenvalue weighted by atomic mass is 19.1. The highest BCUT2D eigenvalue weighted by Crippen LogP contribution is 2.17. The molecule has 0 bridgehead atoms. The van der Waals surface area contributed by atoms with Crippen LogP contribution in [0.3, 0.4) is 0 Å². The molecule has 0 radical (unpaired) electrons. The van der Waals surface area contributed by atoms with Gasteiger partial charge >= 0.3 is 0 Å². The first-order valence-corrected chi connectivity index (χ1v) is 6.54. The molecule has 3 rings (SSSR count). The monoisotopic (exact) mass is 284 g/mol. The van der Waals surface area contributed by atoms with Crippen molar-refractivity contribution < 1.29 is 9.18 Å². The molecule has 0 atom stereocenters. The van der Waals surface area contributed by atoms with Crippen molar-refractivity contribution >= 4 is 22.5 Å². The third-order valence-electron chi connectivity index (χ3n) is 3.15. The topological polar surface area (TPSA) is 70.7 Å². The zero-order chi connectivity index (χ0) is 14.7. The van der Waals surface area contributed by atoms with Gasteiger partial charge < -0.3 is 5.32 Å². The molecule has 0 aliphatic rings. The molecule has 2 N–H and O–H groups in total. The molecule has 0 saturated heterocycles. The summed E-state index contributed by atoms with van der Waals surface area (Å²) in [6, 6.07) is 8.46. The lowest BCUT2D eigenvalue weighted by atomic mass is 10.1. The summed E-state index contributed by atoms with van der Waals surface area (Å²) in [5.41, 5.74) is 2.48. The molecule has 1 aromatic carbocycles. The molecule has 0 saturated carbocycles. The summed E-state index contributed by atoms with van der Waals surface area (Å²) in [6.07, 6.45) is 3.99. The Kier molecular flexibility index (Phi) is 3.59. The Labute approximate surface area is 120 Å². The molecule has 0 fully saturated rings. The van der Waals surface area contributed by atoms with Crippen molar-refractivity contribution in [3.63, 3.8) is 0 Å². The highest BCUT2D eigenvalue weighted by Gasteiger charge is 2.05. The summed E-state index contributed by atoms with van der Waals surface area (Å²) >= 11 is 0. The minimum absolute atomic E-state index is 0.0952. The second kappa shape index (κ2) is 5.70. The Morgan fingerprint density at radius 1 is 1.24 bits per heavy atom. The third-order valence-corrected chi connectivity index (χ3v) is 3.15. The first-order valence-electron chi connectivity index (χ1n) is 6.54. The molecule has 6 heteroatoms. The van der Waals surface area contributed by atoms with Crippen LogP contribution in [0.2, 0.25) is 0 Å². The van der Waals surface area contributed by atoms with Crippen LogP contribution in [0.4, 0.5) is 10.1 Å². The summed E-state index contributed by atoms with van der Waals surface area (Å²) in [7, 11) is 0. The number of hydrogen-bond donors (Lipinski definition) is 2. The molecule has 2 aromatic heterocycles. The fourth-order valence-electron chi connectivity index (χ4n) is 2.06. The molecule has 0 aliphatic heterocycles. The molecule has 21 heavy (non-hydrogen) atoms. The van der Waals surface area contributed by atoms with Crippen LogP contribution in [0.1, 0.15) is 12.0 Å². The lowest BCUT2D eigenvalue weighted by Crippen LogP contribution is -2.12. The van der Waals surface area contributed by atoms with E-state index in [2.05, 4.69) is 20.5 Å². The lowest BCUT2D eigenvalue weighted by molar-refractivity contribution is -0.116. The van der Waals surface area contributed by atoms with E-state index in [0.717, 1.165) is 22.2 Å². The second-order valence-corrected chi connectivity index (χ2v) is 4.71. The van der Waals surface area contributed by atoms with Crippen LogP contribution < -0.4 is 5.32 Å². The number of aromatic amines is 1. The number of pyridine rings is 1. The summed E-state index contributed by atoms with van der Waals surface area (Å²) < 4.78 is 12.7. The van der Waals surface area contributed by atoms with Gasteiger partial charge in [-0.05, 0) is 36.2 Å². The van der Waals surface area contributed by atoms with E-state index in [9.17, 15) is 9.18 Å². The second-order valence-electron chi connectivity index (χ2n) is 4.71. The number of hydrogen-bond acceptors (Lipinski definition) is 3. The van der Waals surface area contributed by atoms with Crippen molar-refractivity contribution in [2.75, 3.05) is 5.32 Å². The largest absolute Gasteiger partial charge is 0.326 e. The fraction of sp³-hybridized carbons (Fsp3) is 0.133. The van der Waals surface area contributed by atoms with Gasteiger partial charge in [-0.2, -0.15) is 9.49 Å². The van der Waals surface area contributed by atoms with Gasteiger partial charge in [-0.1, -0.05) is 6.07 Å². The quantitative estimate of drug-likeness (QED) is 0.724. The van der Waals surface area contributed by atoms with Crippen LogP contribution in [0, 0.1) is 5.95 Å². The smallest absolute Gasteiger partial charge is 0.224 e. The third kappa shape index (κ3) is 3.22. The minimum Gasteiger partial charge on any atom is -0.326 e. The number of amides is 1. The zero-order valence-electron chi connectivity index (χ0n) is 11.1. The van der Waals surface area contributed by atoms with Gasteiger partial charge in [-0.15, -0.1) is 0 Å². The van der Waals surface area contributed by atoms with E-state index in [1.165, 1.54) is 12.3 Å². The minimum atomic E-state index is -0.517. The normalized spacial score (nSPS) is 10.7. The first kappa shape index (κ1) is 13.2. The number of anilines is 1. The Hall–Kier alpha value is -2.76.